The maximum absolute atomic E-state index is 12.2. The summed E-state index contributed by atoms with van der Waals surface area (Å²) in [6.45, 7) is 4.32. The molecule has 2 fully saturated rings. The van der Waals surface area contributed by atoms with Crippen LogP contribution in [0.1, 0.15) is 32.6 Å². The van der Waals surface area contributed by atoms with Crippen LogP contribution in [0.25, 0.3) is 0 Å². The molecular weight excluding hydrogens is 288 g/mol. The molecule has 1 aliphatic heterocycles. The van der Waals surface area contributed by atoms with Gasteiger partial charge < -0.3 is 15.0 Å². The van der Waals surface area contributed by atoms with Gasteiger partial charge in [0.1, 0.15) is 6.54 Å². The quantitative estimate of drug-likeness (QED) is 0.709. The fourth-order valence-electron chi connectivity index (χ4n) is 3.23. The van der Waals surface area contributed by atoms with Crippen LogP contribution in [-0.4, -0.2) is 55.7 Å². The van der Waals surface area contributed by atoms with E-state index in [1.54, 1.807) is 11.8 Å². The van der Waals surface area contributed by atoms with E-state index in [4.69, 9.17) is 4.74 Å². The van der Waals surface area contributed by atoms with E-state index in [0.717, 1.165) is 18.7 Å². The van der Waals surface area contributed by atoms with Gasteiger partial charge in [-0.15, -0.1) is 11.8 Å². The molecule has 0 radical (unpaired) electrons. The predicted molar refractivity (Wildman–Crippen MR) is 83.4 cm³/mol. The van der Waals surface area contributed by atoms with Gasteiger partial charge in [0.2, 0.25) is 0 Å². The predicted octanol–water partition coefficient (Wildman–Crippen LogP) is -0.145. The summed E-state index contributed by atoms with van der Waals surface area (Å²) in [5.74, 6) is 1.44. The van der Waals surface area contributed by atoms with Crippen molar-refractivity contribution in [2.75, 3.05) is 32.5 Å². The minimum absolute atomic E-state index is 0.124. The second-order valence-electron chi connectivity index (χ2n) is 6.20. The highest BCUT2D eigenvalue weighted by Gasteiger charge is 2.32. The zero-order valence-electron chi connectivity index (χ0n) is 13.0. The second-order valence-corrected chi connectivity index (χ2v) is 7.51. The van der Waals surface area contributed by atoms with Crippen LogP contribution in [0.4, 0.5) is 0 Å². The number of nitrogens with one attached hydrogen (secondary N) is 2. The lowest BCUT2D eigenvalue weighted by atomic mass is 9.86. The van der Waals surface area contributed by atoms with Gasteiger partial charge in [-0.2, -0.15) is 0 Å². The molecule has 1 saturated heterocycles. The molecule has 0 bridgehead atoms. The third kappa shape index (κ3) is 4.88. The van der Waals surface area contributed by atoms with Crippen molar-refractivity contribution in [3.8, 4) is 0 Å². The summed E-state index contributed by atoms with van der Waals surface area (Å²) in [5, 5.41) is 3.07. The van der Waals surface area contributed by atoms with E-state index >= 15 is 0 Å². The minimum Gasteiger partial charge on any atom is -0.468 e. The average Bonchev–Trinajstić information content (AvgIpc) is 2.49. The van der Waals surface area contributed by atoms with Gasteiger partial charge in [0, 0.05) is 11.8 Å². The first-order valence-corrected chi connectivity index (χ1v) is 8.97. The van der Waals surface area contributed by atoms with E-state index in [9.17, 15) is 9.59 Å². The summed E-state index contributed by atoms with van der Waals surface area (Å²) < 4.78 is 4.80. The van der Waals surface area contributed by atoms with Crippen molar-refractivity contribution >= 4 is 23.6 Å². The van der Waals surface area contributed by atoms with Crippen LogP contribution in [0.15, 0.2) is 0 Å². The number of quaternary nitrogens is 1. The summed E-state index contributed by atoms with van der Waals surface area (Å²) in [4.78, 5) is 25.0. The maximum Gasteiger partial charge on any atom is 0.324 e. The van der Waals surface area contributed by atoms with Crippen molar-refractivity contribution in [1.82, 2.24) is 5.32 Å². The van der Waals surface area contributed by atoms with Crippen molar-refractivity contribution < 1.29 is 19.2 Å². The zero-order valence-corrected chi connectivity index (χ0v) is 13.8. The zero-order chi connectivity index (χ0) is 15.2. The third-order valence-corrected chi connectivity index (χ3v) is 5.78. The largest absolute Gasteiger partial charge is 0.468 e. The molecule has 1 heterocycles. The van der Waals surface area contributed by atoms with Gasteiger partial charge >= 0.3 is 5.97 Å². The fourth-order valence-corrected chi connectivity index (χ4v) is 4.50. The lowest BCUT2D eigenvalue weighted by Crippen LogP contribution is -3.15. The topological polar surface area (TPSA) is 59.8 Å². The van der Waals surface area contributed by atoms with Gasteiger partial charge in [-0.25, -0.2) is 0 Å². The van der Waals surface area contributed by atoms with E-state index in [1.807, 2.05) is 0 Å². The van der Waals surface area contributed by atoms with Crippen molar-refractivity contribution in [1.29, 1.82) is 0 Å². The maximum atomic E-state index is 12.2. The van der Waals surface area contributed by atoms with E-state index in [2.05, 4.69) is 12.2 Å². The van der Waals surface area contributed by atoms with Crippen molar-refractivity contribution in [3.05, 3.63) is 0 Å². The Kier molecular flexibility index (Phi) is 6.36. The molecule has 1 saturated carbocycles. The summed E-state index contributed by atoms with van der Waals surface area (Å²) in [6.07, 6.45) is 4.81. The van der Waals surface area contributed by atoms with Crippen LogP contribution < -0.4 is 10.2 Å². The monoisotopic (exact) mass is 315 g/mol. The number of carbonyl (C=O) groups excluding carboxylic acids is 2. The smallest absolute Gasteiger partial charge is 0.324 e. The molecule has 21 heavy (non-hydrogen) atoms. The summed E-state index contributed by atoms with van der Waals surface area (Å²) in [6, 6.07) is 0.334. The second kappa shape index (κ2) is 8.03. The molecular formula is C15H27N2O3S+. The summed E-state index contributed by atoms with van der Waals surface area (Å²) in [5.41, 5.74) is 0. The van der Waals surface area contributed by atoms with E-state index in [-0.39, 0.29) is 17.1 Å². The number of esters is 1. The lowest BCUT2D eigenvalue weighted by Gasteiger charge is -2.31. The molecule has 5 nitrogen and oxygen atoms in total. The first kappa shape index (κ1) is 16.6. The van der Waals surface area contributed by atoms with Gasteiger partial charge in [-0.1, -0.05) is 19.8 Å². The Morgan fingerprint density at radius 3 is 2.81 bits per heavy atom. The molecule has 120 valence electrons. The number of methoxy groups -OCH3 is 1. The highest BCUT2D eigenvalue weighted by atomic mass is 32.2. The Bertz CT molecular complexity index is 378. The number of rotatable bonds is 4. The van der Waals surface area contributed by atoms with E-state index in [0.29, 0.717) is 25.0 Å². The molecule has 1 aliphatic carbocycles. The SMILES string of the molecule is COC(=O)[C@@H]1C[NH+](CC(=O)N[C@@H]2CCCC[C@H]2C)CCS1. The van der Waals surface area contributed by atoms with Crippen molar-refractivity contribution in [3.63, 3.8) is 0 Å². The molecule has 1 amide bonds. The molecule has 0 aromatic carbocycles. The average molecular weight is 315 g/mol. The van der Waals surface area contributed by atoms with Crippen LogP contribution >= 0.6 is 11.8 Å². The standard InChI is InChI=1S/C15H26N2O3S/c1-11-5-3-4-6-12(11)16-14(18)10-17-7-8-21-13(9-17)15(19)20-2/h11-13H,3-10H2,1-2H3,(H,16,18)/p+1/t11-,12-,13+/m1/s1. The molecule has 0 aromatic heterocycles. The van der Waals surface area contributed by atoms with Crippen LogP contribution in [0, 0.1) is 5.92 Å². The Morgan fingerprint density at radius 1 is 1.33 bits per heavy atom. The van der Waals surface area contributed by atoms with Crippen LogP contribution in [0.3, 0.4) is 0 Å². The summed E-state index contributed by atoms with van der Waals surface area (Å²) >= 11 is 1.64. The molecule has 4 atom stereocenters. The van der Waals surface area contributed by atoms with Crippen molar-refractivity contribution in [2.24, 2.45) is 5.92 Å². The Balaban J connectivity index is 1.77. The fraction of sp³-hybridized carbons (Fsp3) is 0.867. The number of hydrogen-bond donors (Lipinski definition) is 2. The van der Waals surface area contributed by atoms with Gasteiger partial charge in [-0.05, 0) is 18.8 Å². The third-order valence-electron chi connectivity index (χ3n) is 4.58. The molecule has 0 aromatic rings. The van der Waals surface area contributed by atoms with Gasteiger partial charge in [-0.3, -0.25) is 9.59 Å². The minimum atomic E-state index is -0.168. The number of ether oxygens (including phenoxy) is 1. The molecule has 0 spiro atoms. The number of thioether (sulfide) groups is 1. The summed E-state index contributed by atoms with van der Waals surface area (Å²) in [7, 11) is 1.42. The van der Waals surface area contributed by atoms with Crippen LogP contribution in [0.2, 0.25) is 0 Å². The highest BCUT2D eigenvalue weighted by Crippen LogP contribution is 2.23. The number of amides is 1. The van der Waals surface area contributed by atoms with Crippen LogP contribution in [0.5, 0.6) is 0 Å². The Hall–Kier alpha value is -0.750. The number of hydrogen-bond acceptors (Lipinski definition) is 4. The molecule has 1 unspecified atom stereocenters. The Labute approximate surface area is 131 Å². The van der Waals surface area contributed by atoms with E-state index < -0.39 is 0 Å². The molecule has 2 rings (SSSR count). The highest BCUT2D eigenvalue weighted by molar-refractivity contribution is 8.00. The van der Waals surface area contributed by atoms with Crippen LogP contribution in [-0.2, 0) is 14.3 Å². The normalized spacial score (nSPS) is 33.2. The van der Waals surface area contributed by atoms with E-state index in [1.165, 1.54) is 31.3 Å². The molecule has 6 heteroatoms. The number of carbonyl (C=O) groups is 2. The Morgan fingerprint density at radius 2 is 2.10 bits per heavy atom. The van der Waals surface area contributed by atoms with Gasteiger partial charge in [0.15, 0.2) is 11.8 Å². The molecule has 2 N–H and O–H groups in total. The van der Waals surface area contributed by atoms with Gasteiger partial charge in [0.25, 0.3) is 5.91 Å². The van der Waals surface area contributed by atoms with Crippen molar-refractivity contribution in [2.45, 2.75) is 43.9 Å². The van der Waals surface area contributed by atoms with Gasteiger partial charge in [0.05, 0.1) is 13.7 Å². The first-order valence-electron chi connectivity index (χ1n) is 7.92. The molecule has 2 aliphatic rings. The lowest BCUT2D eigenvalue weighted by molar-refractivity contribution is -0.889. The first-order chi connectivity index (χ1) is 10.1.